The van der Waals surface area contributed by atoms with Crippen LogP contribution in [0.5, 0.6) is 0 Å². The van der Waals surface area contributed by atoms with E-state index in [0.29, 0.717) is 0 Å². The number of halogens is 4. The Morgan fingerprint density at radius 1 is 1.38 bits per heavy atom. The topological polar surface area (TPSA) is 35.5 Å². The van der Waals surface area contributed by atoms with E-state index in [0.717, 1.165) is 6.92 Å². The summed E-state index contributed by atoms with van der Waals surface area (Å²) in [5.74, 6) is -3.46. The average Bonchev–Trinajstić information content (AvgIpc) is 1.98. The lowest BCUT2D eigenvalue weighted by molar-refractivity contribution is -0.526. The van der Waals surface area contributed by atoms with Gasteiger partial charge in [-0.05, 0) is 13.8 Å². The smallest absolute Gasteiger partial charge is 0.375 e. The first-order valence-corrected chi connectivity index (χ1v) is 4.40. The van der Waals surface area contributed by atoms with Crippen LogP contribution in [0.15, 0.2) is 12.2 Å². The lowest BCUT2D eigenvalue weighted by Crippen LogP contribution is -2.64. The SMILES string of the molecule is C=C(C)C(=O)OC(C)C1C(F)(F)OC1(F)F. The lowest BCUT2D eigenvalue weighted by Gasteiger charge is -2.44. The Kier molecular flexibility index (Phi) is 3.02. The summed E-state index contributed by atoms with van der Waals surface area (Å²) in [6.45, 7) is 5.44. The summed E-state index contributed by atoms with van der Waals surface area (Å²) in [6.07, 6.45) is -9.64. The van der Waals surface area contributed by atoms with Gasteiger partial charge in [0.25, 0.3) is 0 Å². The Morgan fingerprint density at radius 3 is 2.12 bits per heavy atom. The van der Waals surface area contributed by atoms with Gasteiger partial charge >= 0.3 is 18.2 Å². The van der Waals surface area contributed by atoms with E-state index in [9.17, 15) is 22.4 Å². The van der Waals surface area contributed by atoms with Crippen molar-refractivity contribution in [3.05, 3.63) is 12.2 Å². The molecule has 1 fully saturated rings. The molecule has 0 spiro atoms. The zero-order chi connectivity index (χ0) is 12.7. The second kappa shape index (κ2) is 3.73. The minimum Gasteiger partial charge on any atom is -0.458 e. The van der Waals surface area contributed by atoms with E-state index < -0.39 is 30.2 Å². The molecule has 0 N–H and O–H groups in total. The maximum absolute atomic E-state index is 12.7. The number of carbonyl (C=O) groups is 1. The second-order valence-electron chi connectivity index (χ2n) is 3.59. The van der Waals surface area contributed by atoms with Gasteiger partial charge in [0.2, 0.25) is 0 Å². The highest BCUT2D eigenvalue weighted by Gasteiger charge is 2.73. The summed E-state index contributed by atoms with van der Waals surface area (Å²) < 4.78 is 58.3. The Balaban J connectivity index is 2.70. The van der Waals surface area contributed by atoms with Crippen molar-refractivity contribution in [3.8, 4) is 0 Å². The van der Waals surface area contributed by atoms with Gasteiger partial charge in [-0.25, -0.2) is 4.79 Å². The molecule has 1 aliphatic heterocycles. The highest BCUT2D eigenvalue weighted by atomic mass is 19.3. The number of ether oxygens (including phenoxy) is 2. The van der Waals surface area contributed by atoms with Crippen LogP contribution in [0.2, 0.25) is 0 Å². The number of hydrogen-bond acceptors (Lipinski definition) is 3. The van der Waals surface area contributed by atoms with Crippen LogP contribution in [0.4, 0.5) is 17.6 Å². The number of carbonyl (C=O) groups excluding carboxylic acids is 1. The van der Waals surface area contributed by atoms with Gasteiger partial charge in [-0.15, -0.1) is 0 Å². The van der Waals surface area contributed by atoms with Gasteiger partial charge in [0.05, 0.1) is 0 Å². The number of hydrogen-bond donors (Lipinski definition) is 0. The van der Waals surface area contributed by atoms with Gasteiger partial charge in [0.15, 0.2) is 5.92 Å². The Labute approximate surface area is 89.0 Å². The van der Waals surface area contributed by atoms with Crippen molar-refractivity contribution in [1.82, 2.24) is 0 Å². The summed E-state index contributed by atoms with van der Waals surface area (Å²) in [5.41, 5.74) is -0.0567. The van der Waals surface area contributed by atoms with E-state index in [1.807, 2.05) is 0 Å². The molecule has 0 radical (unpaired) electrons. The maximum Gasteiger partial charge on any atom is 0.375 e. The third kappa shape index (κ3) is 2.18. The number of alkyl halides is 4. The van der Waals surface area contributed by atoms with E-state index in [2.05, 4.69) is 16.1 Å². The third-order valence-corrected chi connectivity index (χ3v) is 2.11. The van der Waals surface area contributed by atoms with Crippen LogP contribution in [0.3, 0.4) is 0 Å². The summed E-state index contributed by atoms with van der Waals surface area (Å²) in [6, 6.07) is 0. The first-order valence-electron chi connectivity index (χ1n) is 4.40. The van der Waals surface area contributed by atoms with E-state index in [-0.39, 0.29) is 5.57 Å². The Bertz CT molecular complexity index is 313. The van der Waals surface area contributed by atoms with E-state index >= 15 is 0 Å². The molecule has 7 heteroatoms. The van der Waals surface area contributed by atoms with Gasteiger partial charge < -0.3 is 4.74 Å². The molecule has 1 atom stereocenters. The van der Waals surface area contributed by atoms with Crippen LogP contribution < -0.4 is 0 Å². The number of rotatable bonds is 3. The highest BCUT2D eigenvalue weighted by Crippen LogP contribution is 2.53. The van der Waals surface area contributed by atoms with E-state index in [1.165, 1.54) is 6.92 Å². The fraction of sp³-hybridized carbons (Fsp3) is 0.667. The van der Waals surface area contributed by atoms with Crippen molar-refractivity contribution in [1.29, 1.82) is 0 Å². The van der Waals surface area contributed by atoms with Crippen LogP contribution in [-0.4, -0.2) is 24.3 Å². The van der Waals surface area contributed by atoms with Crippen LogP contribution in [0.25, 0.3) is 0 Å². The van der Waals surface area contributed by atoms with Gasteiger partial charge in [0, 0.05) is 5.57 Å². The third-order valence-electron chi connectivity index (χ3n) is 2.11. The number of esters is 1. The molecule has 1 heterocycles. The summed E-state index contributed by atoms with van der Waals surface area (Å²) in [4.78, 5) is 11.0. The molecule has 92 valence electrons. The van der Waals surface area contributed by atoms with Crippen LogP contribution >= 0.6 is 0 Å². The van der Waals surface area contributed by atoms with Gasteiger partial charge in [-0.2, -0.15) is 17.6 Å². The average molecular weight is 242 g/mol. The van der Waals surface area contributed by atoms with Crippen molar-refractivity contribution < 1.29 is 31.8 Å². The van der Waals surface area contributed by atoms with Gasteiger partial charge in [-0.1, -0.05) is 6.58 Å². The largest absolute Gasteiger partial charge is 0.458 e. The van der Waals surface area contributed by atoms with Crippen molar-refractivity contribution in [2.24, 2.45) is 5.92 Å². The molecule has 0 amide bonds. The molecule has 0 saturated carbocycles. The molecule has 0 aromatic heterocycles. The second-order valence-corrected chi connectivity index (χ2v) is 3.59. The molecule has 1 rings (SSSR count). The first kappa shape index (κ1) is 13.0. The Hall–Kier alpha value is -1.11. The minimum absolute atomic E-state index is 0.0567. The van der Waals surface area contributed by atoms with Gasteiger partial charge in [0.1, 0.15) is 6.10 Å². The molecule has 16 heavy (non-hydrogen) atoms. The van der Waals surface area contributed by atoms with Crippen LogP contribution in [0.1, 0.15) is 13.8 Å². The highest BCUT2D eigenvalue weighted by molar-refractivity contribution is 5.87. The molecule has 3 nitrogen and oxygen atoms in total. The molecular formula is C9H10F4O3. The molecule has 0 aromatic carbocycles. The van der Waals surface area contributed by atoms with Crippen molar-refractivity contribution in [2.45, 2.75) is 32.2 Å². The molecule has 0 aromatic rings. The zero-order valence-corrected chi connectivity index (χ0v) is 8.60. The first-order chi connectivity index (χ1) is 7.08. The maximum atomic E-state index is 12.7. The van der Waals surface area contributed by atoms with Crippen LogP contribution in [0, 0.1) is 5.92 Å². The molecule has 0 bridgehead atoms. The summed E-state index contributed by atoms with van der Waals surface area (Å²) in [5, 5.41) is 0. The monoisotopic (exact) mass is 242 g/mol. The molecule has 1 aliphatic rings. The predicted octanol–water partition coefficient (Wildman–Crippen LogP) is 2.33. The fourth-order valence-electron chi connectivity index (χ4n) is 1.33. The van der Waals surface area contributed by atoms with Crippen molar-refractivity contribution in [2.75, 3.05) is 0 Å². The summed E-state index contributed by atoms with van der Waals surface area (Å²) in [7, 11) is 0. The molecular weight excluding hydrogens is 232 g/mol. The summed E-state index contributed by atoms with van der Waals surface area (Å²) >= 11 is 0. The lowest BCUT2D eigenvalue weighted by atomic mass is 9.96. The molecule has 1 unspecified atom stereocenters. The van der Waals surface area contributed by atoms with Crippen molar-refractivity contribution >= 4 is 5.97 Å². The Morgan fingerprint density at radius 2 is 1.81 bits per heavy atom. The fourth-order valence-corrected chi connectivity index (χ4v) is 1.33. The van der Waals surface area contributed by atoms with Gasteiger partial charge in [-0.3, -0.25) is 4.74 Å². The van der Waals surface area contributed by atoms with E-state index in [1.54, 1.807) is 0 Å². The zero-order valence-electron chi connectivity index (χ0n) is 8.60. The van der Waals surface area contributed by atoms with Crippen LogP contribution in [-0.2, 0) is 14.3 Å². The molecule has 1 saturated heterocycles. The van der Waals surface area contributed by atoms with Crippen molar-refractivity contribution in [3.63, 3.8) is 0 Å². The standard InChI is InChI=1S/C9H10F4O3/c1-4(2)7(14)15-5(3)6-8(10,11)16-9(6,12)13/h5-6H,1H2,2-3H3. The normalized spacial score (nSPS) is 24.4. The predicted molar refractivity (Wildman–Crippen MR) is 44.8 cm³/mol. The minimum atomic E-state index is -3.99. The van der Waals surface area contributed by atoms with E-state index in [4.69, 9.17) is 0 Å². The quantitative estimate of drug-likeness (QED) is 0.433. The molecule has 0 aliphatic carbocycles.